The van der Waals surface area contributed by atoms with Crippen LogP contribution < -0.4 is 0 Å². The maximum atomic E-state index is 13.0. The first kappa shape index (κ1) is 14.7. The molecule has 0 bridgehead atoms. The summed E-state index contributed by atoms with van der Waals surface area (Å²) in [6.45, 7) is 1.22. The Morgan fingerprint density at radius 1 is 1.09 bits per heavy atom. The first-order valence-electron chi connectivity index (χ1n) is 7.34. The molecule has 0 heterocycles. The second-order valence-electron chi connectivity index (χ2n) is 5.65. The normalized spacial score (nSPS) is 14.3. The van der Waals surface area contributed by atoms with Gasteiger partial charge in [-0.3, -0.25) is 15.0 Å². The van der Waals surface area contributed by atoms with Gasteiger partial charge in [-0.05, 0) is 30.5 Å². The van der Waals surface area contributed by atoms with Crippen LogP contribution in [0.5, 0.6) is 0 Å². The molecule has 2 aromatic carbocycles. The molecular formula is C17H17FN2O2. The Balaban J connectivity index is 1.78. The molecule has 4 nitrogen and oxygen atoms in total. The number of benzene rings is 2. The number of nitro groups is 1. The smallest absolute Gasteiger partial charge is 0.273 e. The molecule has 114 valence electrons. The lowest BCUT2D eigenvalue weighted by Gasteiger charge is -2.22. The SMILES string of the molecule is O=[N+]([O-])c1ccccc1CN(Cc1ccc(F)cc1)C1CC1. The Bertz CT molecular complexity index is 669. The van der Waals surface area contributed by atoms with Gasteiger partial charge in [0.05, 0.1) is 4.92 Å². The fourth-order valence-electron chi connectivity index (χ4n) is 2.62. The van der Waals surface area contributed by atoms with E-state index in [0.29, 0.717) is 19.1 Å². The van der Waals surface area contributed by atoms with Crippen LogP contribution in [0.3, 0.4) is 0 Å². The Morgan fingerprint density at radius 2 is 1.77 bits per heavy atom. The lowest BCUT2D eigenvalue weighted by atomic mass is 10.1. The number of rotatable bonds is 6. The number of hydrogen-bond donors (Lipinski definition) is 0. The van der Waals surface area contributed by atoms with Gasteiger partial charge in [-0.25, -0.2) is 4.39 Å². The van der Waals surface area contributed by atoms with E-state index in [-0.39, 0.29) is 16.4 Å². The lowest BCUT2D eigenvalue weighted by molar-refractivity contribution is -0.385. The maximum Gasteiger partial charge on any atom is 0.273 e. The summed E-state index contributed by atoms with van der Waals surface area (Å²) in [4.78, 5) is 13.0. The number of halogens is 1. The summed E-state index contributed by atoms with van der Waals surface area (Å²) in [6.07, 6.45) is 2.23. The standard InChI is InChI=1S/C17H17FN2O2/c18-15-7-5-13(6-8-15)11-19(16-9-10-16)12-14-3-1-2-4-17(14)20(21)22/h1-8,16H,9-12H2. The van der Waals surface area contributed by atoms with Crippen molar-refractivity contribution in [1.82, 2.24) is 4.90 Å². The van der Waals surface area contributed by atoms with E-state index < -0.39 is 0 Å². The van der Waals surface area contributed by atoms with Crippen molar-refractivity contribution in [1.29, 1.82) is 0 Å². The van der Waals surface area contributed by atoms with Gasteiger partial charge in [0, 0.05) is 30.8 Å². The zero-order valence-corrected chi connectivity index (χ0v) is 12.1. The second-order valence-corrected chi connectivity index (χ2v) is 5.65. The lowest BCUT2D eigenvalue weighted by Crippen LogP contribution is -2.25. The van der Waals surface area contributed by atoms with Crippen molar-refractivity contribution >= 4 is 5.69 Å². The van der Waals surface area contributed by atoms with Gasteiger partial charge in [0.25, 0.3) is 5.69 Å². The summed E-state index contributed by atoms with van der Waals surface area (Å²) in [5.41, 5.74) is 1.90. The molecule has 1 fully saturated rings. The van der Waals surface area contributed by atoms with Crippen molar-refractivity contribution in [2.75, 3.05) is 0 Å². The summed E-state index contributed by atoms with van der Waals surface area (Å²) in [6, 6.07) is 13.8. The van der Waals surface area contributed by atoms with E-state index in [9.17, 15) is 14.5 Å². The highest BCUT2D eigenvalue weighted by Crippen LogP contribution is 2.31. The molecule has 3 rings (SSSR count). The summed E-state index contributed by atoms with van der Waals surface area (Å²) in [5, 5.41) is 11.1. The Morgan fingerprint density at radius 3 is 2.41 bits per heavy atom. The van der Waals surface area contributed by atoms with E-state index in [4.69, 9.17) is 0 Å². The van der Waals surface area contributed by atoms with E-state index in [1.807, 2.05) is 6.07 Å². The molecule has 0 atom stereocenters. The molecule has 0 aliphatic heterocycles. The number of para-hydroxylation sites is 1. The van der Waals surface area contributed by atoms with Gasteiger partial charge >= 0.3 is 0 Å². The van der Waals surface area contributed by atoms with Gasteiger partial charge in [0.1, 0.15) is 5.82 Å². The van der Waals surface area contributed by atoms with Gasteiger partial charge in [0.2, 0.25) is 0 Å². The minimum absolute atomic E-state index is 0.159. The van der Waals surface area contributed by atoms with E-state index in [1.165, 1.54) is 18.2 Å². The zero-order valence-electron chi connectivity index (χ0n) is 12.1. The maximum absolute atomic E-state index is 13.0. The average molecular weight is 300 g/mol. The molecular weight excluding hydrogens is 283 g/mol. The summed E-state index contributed by atoms with van der Waals surface area (Å²) in [7, 11) is 0. The second kappa shape index (κ2) is 6.23. The molecule has 1 aliphatic rings. The molecule has 0 amide bonds. The molecule has 0 radical (unpaired) electrons. The largest absolute Gasteiger partial charge is 0.292 e. The Labute approximate surface area is 128 Å². The monoisotopic (exact) mass is 300 g/mol. The molecule has 0 spiro atoms. The van der Waals surface area contributed by atoms with Gasteiger partial charge in [-0.1, -0.05) is 30.3 Å². The molecule has 1 aliphatic carbocycles. The van der Waals surface area contributed by atoms with E-state index in [1.54, 1.807) is 24.3 Å². The fraction of sp³-hybridized carbons (Fsp3) is 0.294. The predicted molar refractivity (Wildman–Crippen MR) is 81.8 cm³/mol. The molecule has 0 unspecified atom stereocenters. The highest BCUT2D eigenvalue weighted by molar-refractivity contribution is 5.39. The first-order chi connectivity index (χ1) is 10.6. The molecule has 1 saturated carbocycles. The van der Waals surface area contributed by atoms with Crippen molar-refractivity contribution in [3.63, 3.8) is 0 Å². The molecule has 0 N–H and O–H groups in total. The third-order valence-electron chi connectivity index (χ3n) is 3.92. The average Bonchev–Trinajstić information content (AvgIpc) is 3.34. The van der Waals surface area contributed by atoms with Crippen LogP contribution in [0, 0.1) is 15.9 Å². The summed E-state index contributed by atoms with van der Waals surface area (Å²) in [5.74, 6) is -0.250. The van der Waals surface area contributed by atoms with Crippen molar-refractivity contribution in [3.05, 3.63) is 75.6 Å². The first-order valence-corrected chi connectivity index (χ1v) is 7.34. The van der Waals surface area contributed by atoms with Gasteiger partial charge in [-0.15, -0.1) is 0 Å². The molecule has 22 heavy (non-hydrogen) atoms. The molecule has 0 aromatic heterocycles. The molecule has 5 heteroatoms. The minimum Gasteiger partial charge on any atom is -0.292 e. The highest BCUT2D eigenvalue weighted by atomic mass is 19.1. The topological polar surface area (TPSA) is 46.4 Å². The van der Waals surface area contributed by atoms with Crippen LogP contribution in [0.4, 0.5) is 10.1 Å². The van der Waals surface area contributed by atoms with Gasteiger partial charge in [0.15, 0.2) is 0 Å². The molecule has 0 saturated heterocycles. The van der Waals surface area contributed by atoms with E-state index in [2.05, 4.69) is 4.90 Å². The van der Waals surface area contributed by atoms with Crippen molar-refractivity contribution in [3.8, 4) is 0 Å². The fourth-order valence-corrected chi connectivity index (χ4v) is 2.62. The summed E-state index contributed by atoms with van der Waals surface area (Å²) < 4.78 is 13.0. The zero-order chi connectivity index (χ0) is 15.5. The Hall–Kier alpha value is -2.27. The van der Waals surface area contributed by atoms with Crippen LogP contribution in [-0.2, 0) is 13.1 Å². The molecule has 2 aromatic rings. The number of nitrogens with zero attached hydrogens (tertiary/aromatic N) is 2. The van der Waals surface area contributed by atoms with Crippen LogP contribution in [0.1, 0.15) is 24.0 Å². The van der Waals surface area contributed by atoms with Gasteiger partial charge in [-0.2, -0.15) is 0 Å². The third kappa shape index (κ3) is 3.49. The number of hydrogen-bond acceptors (Lipinski definition) is 3. The summed E-state index contributed by atoms with van der Waals surface area (Å²) >= 11 is 0. The highest BCUT2D eigenvalue weighted by Gasteiger charge is 2.30. The van der Waals surface area contributed by atoms with Crippen LogP contribution in [0.15, 0.2) is 48.5 Å². The van der Waals surface area contributed by atoms with Crippen LogP contribution in [-0.4, -0.2) is 15.9 Å². The predicted octanol–water partition coefficient (Wildman–Crippen LogP) is 3.90. The van der Waals surface area contributed by atoms with Crippen LogP contribution in [0.2, 0.25) is 0 Å². The van der Waals surface area contributed by atoms with E-state index >= 15 is 0 Å². The van der Waals surface area contributed by atoms with Crippen LogP contribution in [0.25, 0.3) is 0 Å². The van der Waals surface area contributed by atoms with Crippen molar-refractivity contribution in [2.45, 2.75) is 32.0 Å². The van der Waals surface area contributed by atoms with Crippen molar-refractivity contribution < 1.29 is 9.31 Å². The third-order valence-corrected chi connectivity index (χ3v) is 3.92. The Kier molecular flexibility index (Phi) is 4.15. The minimum atomic E-state index is -0.335. The quantitative estimate of drug-likeness (QED) is 0.600. The van der Waals surface area contributed by atoms with Crippen LogP contribution >= 0.6 is 0 Å². The van der Waals surface area contributed by atoms with Crippen molar-refractivity contribution in [2.24, 2.45) is 0 Å². The number of nitro benzene ring substituents is 1. The van der Waals surface area contributed by atoms with E-state index in [0.717, 1.165) is 24.0 Å². The van der Waals surface area contributed by atoms with Gasteiger partial charge < -0.3 is 0 Å².